The van der Waals surface area contributed by atoms with Crippen molar-refractivity contribution >= 4 is 27.3 Å². The quantitative estimate of drug-likeness (QED) is 0.774. The molecule has 2 aromatic carbocycles. The van der Waals surface area contributed by atoms with Gasteiger partial charge in [0.1, 0.15) is 0 Å². The summed E-state index contributed by atoms with van der Waals surface area (Å²) in [4.78, 5) is 12.4. The molecular weight excluding hydrogens is 336 g/mol. The lowest BCUT2D eigenvalue weighted by molar-refractivity contribution is -0.116. The number of amides is 1. The molecule has 25 heavy (non-hydrogen) atoms. The molecule has 1 aliphatic carbocycles. The molecule has 0 saturated carbocycles. The van der Waals surface area contributed by atoms with Gasteiger partial charge in [0.15, 0.2) is 0 Å². The third-order valence-electron chi connectivity index (χ3n) is 4.06. The summed E-state index contributed by atoms with van der Waals surface area (Å²) in [6, 6.07) is 14.9. The lowest BCUT2D eigenvalue weighted by atomic mass is 10.1. The zero-order chi connectivity index (χ0) is 17.7. The Morgan fingerprint density at radius 1 is 1.00 bits per heavy atom. The smallest absolute Gasteiger partial charge is 0.261 e. The summed E-state index contributed by atoms with van der Waals surface area (Å²) >= 11 is 0. The molecule has 5 nitrogen and oxygen atoms in total. The highest BCUT2D eigenvalue weighted by molar-refractivity contribution is 7.92. The number of carbonyl (C=O) groups is 1. The minimum atomic E-state index is -3.71. The Hall–Kier alpha value is -2.60. The van der Waals surface area contributed by atoms with E-state index in [1.165, 1.54) is 12.1 Å². The second-order valence-corrected chi connectivity index (χ2v) is 7.66. The minimum absolute atomic E-state index is 0.122. The van der Waals surface area contributed by atoms with E-state index in [0.717, 1.165) is 12.8 Å². The van der Waals surface area contributed by atoms with Crippen molar-refractivity contribution in [1.82, 2.24) is 0 Å². The van der Waals surface area contributed by atoms with Crippen LogP contribution in [0.3, 0.4) is 0 Å². The number of hydrogen-bond donors (Lipinski definition) is 2. The van der Waals surface area contributed by atoms with Gasteiger partial charge in [-0.2, -0.15) is 0 Å². The molecule has 130 valence electrons. The Morgan fingerprint density at radius 3 is 2.36 bits per heavy atom. The van der Waals surface area contributed by atoms with E-state index < -0.39 is 10.0 Å². The van der Waals surface area contributed by atoms with Crippen molar-refractivity contribution < 1.29 is 13.2 Å². The van der Waals surface area contributed by atoms with Gasteiger partial charge in [0.05, 0.1) is 16.3 Å². The number of anilines is 2. The lowest BCUT2D eigenvalue weighted by Crippen LogP contribution is -2.18. The van der Waals surface area contributed by atoms with E-state index in [-0.39, 0.29) is 16.7 Å². The van der Waals surface area contributed by atoms with Gasteiger partial charge in [-0.1, -0.05) is 42.5 Å². The van der Waals surface area contributed by atoms with Gasteiger partial charge in [0.25, 0.3) is 10.0 Å². The first kappa shape index (κ1) is 17.2. The van der Waals surface area contributed by atoms with Gasteiger partial charge in [-0.05, 0) is 43.0 Å². The molecule has 6 heteroatoms. The first-order valence-corrected chi connectivity index (χ1v) is 9.66. The summed E-state index contributed by atoms with van der Waals surface area (Å²) in [5.74, 6) is 0.135. The van der Waals surface area contributed by atoms with Crippen LogP contribution in [0, 0.1) is 5.92 Å². The normalized spacial score (nSPS) is 16.6. The molecule has 1 atom stereocenters. The Kier molecular flexibility index (Phi) is 5.19. The number of carbonyl (C=O) groups excluding carboxylic acids is 1. The zero-order valence-corrected chi connectivity index (χ0v) is 14.5. The van der Waals surface area contributed by atoms with E-state index >= 15 is 0 Å². The highest BCUT2D eigenvalue weighted by atomic mass is 32.2. The van der Waals surface area contributed by atoms with Crippen molar-refractivity contribution in [2.75, 3.05) is 10.0 Å². The van der Waals surface area contributed by atoms with Gasteiger partial charge < -0.3 is 5.32 Å². The number of hydrogen-bond acceptors (Lipinski definition) is 3. The molecule has 0 aromatic heterocycles. The topological polar surface area (TPSA) is 75.3 Å². The van der Waals surface area contributed by atoms with Crippen molar-refractivity contribution in [2.24, 2.45) is 5.92 Å². The highest BCUT2D eigenvalue weighted by Gasteiger charge is 2.18. The van der Waals surface area contributed by atoms with Crippen LogP contribution in [0.5, 0.6) is 0 Å². The van der Waals surface area contributed by atoms with Gasteiger partial charge in [-0.3, -0.25) is 9.52 Å². The maximum Gasteiger partial charge on any atom is 0.261 e. The average molecular weight is 356 g/mol. The molecule has 0 fully saturated rings. The van der Waals surface area contributed by atoms with Gasteiger partial charge in [-0.15, -0.1) is 0 Å². The summed E-state index contributed by atoms with van der Waals surface area (Å²) in [5, 5.41) is 2.81. The van der Waals surface area contributed by atoms with Crippen LogP contribution in [-0.4, -0.2) is 14.3 Å². The molecule has 0 radical (unpaired) electrons. The van der Waals surface area contributed by atoms with E-state index in [0.29, 0.717) is 17.8 Å². The first-order valence-electron chi connectivity index (χ1n) is 8.18. The standard InChI is InChI=1S/C19H20N2O3S/c22-19(14-15-8-4-5-9-15)20-17-12-6-7-13-18(17)21-25(23,24)16-10-2-1-3-11-16/h1-4,6-8,10-13,15,21H,5,9,14H2,(H,20,22). The zero-order valence-electron chi connectivity index (χ0n) is 13.7. The third-order valence-corrected chi connectivity index (χ3v) is 5.44. The van der Waals surface area contributed by atoms with Crippen molar-refractivity contribution in [2.45, 2.75) is 24.2 Å². The highest BCUT2D eigenvalue weighted by Crippen LogP contribution is 2.26. The van der Waals surface area contributed by atoms with Crippen LogP contribution in [0.1, 0.15) is 19.3 Å². The molecule has 0 spiro atoms. The van der Waals surface area contributed by atoms with Crippen molar-refractivity contribution in [1.29, 1.82) is 0 Å². The minimum Gasteiger partial charge on any atom is -0.324 e. The maximum atomic E-state index is 12.5. The van der Waals surface area contributed by atoms with Crippen molar-refractivity contribution in [3.05, 3.63) is 66.7 Å². The van der Waals surface area contributed by atoms with Gasteiger partial charge in [-0.25, -0.2) is 8.42 Å². The number of para-hydroxylation sites is 2. The molecule has 0 saturated heterocycles. The molecule has 2 N–H and O–H groups in total. The van der Waals surface area contributed by atoms with Crippen LogP contribution < -0.4 is 10.0 Å². The van der Waals surface area contributed by atoms with E-state index in [9.17, 15) is 13.2 Å². The lowest BCUT2D eigenvalue weighted by Gasteiger charge is -2.14. The SMILES string of the molecule is O=C(CC1C=CCC1)Nc1ccccc1NS(=O)(=O)c1ccccc1. The molecular formula is C19H20N2O3S. The molecule has 2 aromatic rings. The molecule has 0 bridgehead atoms. The Labute approximate surface area is 147 Å². The van der Waals surface area contributed by atoms with Gasteiger partial charge >= 0.3 is 0 Å². The van der Waals surface area contributed by atoms with E-state index in [1.807, 2.05) is 0 Å². The summed E-state index contributed by atoms with van der Waals surface area (Å²) in [7, 11) is -3.71. The predicted octanol–water partition coefficient (Wildman–Crippen LogP) is 3.78. The fourth-order valence-corrected chi connectivity index (χ4v) is 3.89. The Balaban J connectivity index is 1.74. The van der Waals surface area contributed by atoms with Crippen LogP contribution >= 0.6 is 0 Å². The fraction of sp³-hybridized carbons (Fsp3) is 0.211. The largest absolute Gasteiger partial charge is 0.324 e. The van der Waals surface area contributed by atoms with E-state index in [2.05, 4.69) is 22.2 Å². The Bertz CT molecular complexity index is 877. The van der Waals surface area contributed by atoms with Crippen LogP contribution in [0.15, 0.2) is 71.6 Å². The van der Waals surface area contributed by atoms with Gasteiger partial charge in [0, 0.05) is 6.42 Å². The number of allylic oxidation sites excluding steroid dienone is 2. The monoisotopic (exact) mass is 356 g/mol. The van der Waals surface area contributed by atoms with E-state index in [4.69, 9.17) is 0 Å². The van der Waals surface area contributed by atoms with Crippen LogP contribution in [0.4, 0.5) is 11.4 Å². The number of benzene rings is 2. The number of rotatable bonds is 6. The summed E-state index contributed by atoms with van der Waals surface area (Å²) in [6.07, 6.45) is 6.53. The second-order valence-electron chi connectivity index (χ2n) is 5.98. The predicted molar refractivity (Wildman–Crippen MR) is 98.8 cm³/mol. The summed E-state index contributed by atoms with van der Waals surface area (Å²) in [6.45, 7) is 0. The molecule has 1 unspecified atom stereocenters. The number of nitrogens with one attached hydrogen (secondary N) is 2. The second kappa shape index (κ2) is 7.53. The fourth-order valence-electron chi connectivity index (χ4n) is 2.79. The van der Waals surface area contributed by atoms with Crippen LogP contribution in [0.2, 0.25) is 0 Å². The summed E-state index contributed by atoms with van der Waals surface area (Å²) in [5.41, 5.74) is 0.802. The Morgan fingerprint density at radius 2 is 1.68 bits per heavy atom. The van der Waals surface area contributed by atoms with E-state index in [1.54, 1.807) is 42.5 Å². The molecule has 0 aliphatic heterocycles. The third kappa shape index (κ3) is 4.48. The van der Waals surface area contributed by atoms with Crippen LogP contribution in [-0.2, 0) is 14.8 Å². The van der Waals surface area contributed by atoms with Gasteiger partial charge in [0.2, 0.25) is 5.91 Å². The van der Waals surface area contributed by atoms with Crippen molar-refractivity contribution in [3.8, 4) is 0 Å². The summed E-state index contributed by atoms with van der Waals surface area (Å²) < 4.78 is 27.5. The molecule has 0 heterocycles. The van der Waals surface area contributed by atoms with Crippen molar-refractivity contribution in [3.63, 3.8) is 0 Å². The van der Waals surface area contributed by atoms with Crippen LogP contribution in [0.25, 0.3) is 0 Å². The molecule has 3 rings (SSSR count). The average Bonchev–Trinajstić information content (AvgIpc) is 3.10. The first-order chi connectivity index (χ1) is 12.0. The maximum absolute atomic E-state index is 12.5. The molecule has 1 aliphatic rings. The molecule has 1 amide bonds. The number of sulfonamides is 1.